The molecule has 2 aromatic heterocycles. The maximum atomic E-state index is 5.89. The lowest BCUT2D eigenvalue weighted by molar-refractivity contribution is -0.0298. The van der Waals surface area contributed by atoms with Gasteiger partial charge < -0.3 is 9.64 Å². The molecule has 1 saturated heterocycles. The zero-order valence-electron chi connectivity index (χ0n) is 16.1. The molecule has 0 aromatic carbocycles. The summed E-state index contributed by atoms with van der Waals surface area (Å²) in [7, 11) is 0. The van der Waals surface area contributed by atoms with Crippen molar-refractivity contribution in [3.63, 3.8) is 0 Å². The van der Waals surface area contributed by atoms with Crippen LogP contribution in [0.1, 0.15) is 70.7 Å². The third kappa shape index (κ3) is 4.61. The highest BCUT2D eigenvalue weighted by molar-refractivity contribution is 5.79. The van der Waals surface area contributed by atoms with E-state index in [1.165, 1.54) is 32.1 Å². The molecule has 2 aromatic rings. The molecule has 1 aliphatic heterocycles. The first-order valence-electron chi connectivity index (χ1n) is 10.0. The van der Waals surface area contributed by atoms with Gasteiger partial charge in [0.25, 0.3) is 0 Å². The smallest absolute Gasteiger partial charge is 0.165 e. The number of nitrogens with zero attached hydrogens (tertiary/aromatic N) is 5. The molecule has 142 valence electrons. The molecular weight excluding hydrogens is 326 g/mol. The molecule has 0 N–H and O–H groups in total. The quantitative estimate of drug-likeness (QED) is 0.666. The van der Waals surface area contributed by atoms with Crippen LogP contribution in [0.5, 0.6) is 0 Å². The molecule has 0 bridgehead atoms. The highest BCUT2D eigenvalue weighted by atomic mass is 16.5. The van der Waals surface area contributed by atoms with Gasteiger partial charge in [-0.2, -0.15) is 0 Å². The van der Waals surface area contributed by atoms with Crippen LogP contribution in [0.25, 0.3) is 17.2 Å². The van der Waals surface area contributed by atoms with Crippen molar-refractivity contribution in [2.75, 3.05) is 19.7 Å². The van der Waals surface area contributed by atoms with E-state index in [1.54, 1.807) is 6.33 Å². The zero-order valence-corrected chi connectivity index (χ0v) is 16.1. The number of ether oxygens (including phenoxy) is 1. The molecule has 0 radical (unpaired) electrons. The first kappa shape index (κ1) is 18.8. The summed E-state index contributed by atoms with van der Waals surface area (Å²) in [6.07, 6.45) is 15.9. The van der Waals surface area contributed by atoms with E-state index in [4.69, 9.17) is 4.74 Å². The first-order chi connectivity index (χ1) is 12.8. The van der Waals surface area contributed by atoms with Crippen molar-refractivity contribution in [2.24, 2.45) is 0 Å². The van der Waals surface area contributed by atoms with Crippen molar-refractivity contribution < 1.29 is 4.74 Å². The van der Waals surface area contributed by atoms with Crippen LogP contribution in [-0.4, -0.2) is 44.1 Å². The topological polar surface area (TPSA) is 56.1 Å². The number of fused-ring (bicyclic) bond motifs is 1. The second-order valence-electron chi connectivity index (χ2n) is 6.96. The molecule has 0 saturated carbocycles. The summed E-state index contributed by atoms with van der Waals surface area (Å²) >= 11 is 0. The third-order valence-electron chi connectivity index (χ3n) is 4.89. The van der Waals surface area contributed by atoms with Crippen molar-refractivity contribution in [1.29, 1.82) is 0 Å². The van der Waals surface area contributed by atoms with Gasteiger partial charge in [-0.05, 0) is 38.2 Å². The Morgan fingerprint density at radius 1 is 1.15 bits per heavy atom. The lowest BCUT2D eigenvalue weighted by Gasteiger charge is -2.23. The van der Waals surface area contributed by atoms with Gasteiger partial charge in [-0.3, -0.25) is 4.57 Å². The van der Waals surface area contributed by atoms with Gasteiger partial charge in [0, 0.05) is 25.9 Å². The molecule has 0 spiro atoms. The van der Waals surface area contributed by atoms with Crippen LogP contribution < -0.4 is 0 Å². The minimum absolute atomic E-state index is 0.0473. The summed E-state index contributed by atoms with van der Waals surface area (Å²) in [5, 5.41) is 0. The molecule has 0 aliphatic carbocycles. The SMILES string of the molecule is CCCCN(/C=C/c1ncnc2c1ncn2C1CCCCO1)CCCC. The van der Waals surface area contributed by atoms with Gasteiger partial charge in [0.05, 0.1) is 12.0 Å². The highest BCUT2D eigenvalue weighted by Crippen LogP contribution is 2.26. The van der Waals surface area contributed by atoms with E-state index < -0.39 is 0 Å². The molecule has 26 heavy (non-hydrogen) atoms. The van der Waals surface area contributed by atoms with Crippen LogP contribution in [0.4, 0.5) is 0 Å². The highest BCUT2D eigenvalue weighted by Gasteiger charge is 2.19. The summed E-state index contributed by atoms with van der Waals surface area (Å²) in [4.78, 5) is 15.9. The van der Waals surface area contributed by atoms with Crippen LogP contribution in [-0.2, 0) is 4.74 Å². The fourth-order valence-corrected chi connectivity index (χ4v) is 3.31. The number of hydrogen-bond acceptors (Lipinski definition) is 5. The zero-order chi connectivity index (χ0) is 18.2. The van der Waals surface area contributed by atoms with Gasteiger partial charge in [-0.15, -0.1) is 0 Å². The molecule has 3 rings (SSSR count). The number of hydrogen-bond donors (Lipinski definition) is 0. The van der Waals surface area contributed by atoms with E-state index in [0.29, 0.717) is 0 Å². The largest absolute Gasteiger partial charge is 0.377 e. The molecule has 6 heteroatoms. The molecule has 1 fully saturated rings. The summed E-state index contributed by atoms with van der Waals surface area (Å²) in [6, 6.07) is 0. The van der Waals surface area contributed by atoms with E-state index >= 15 is 0 Å². The van der Waals surface area contributed by atoms with Gasteiger partial charge in [0.15, 0.2) is 5.65 Å². The monoisotopic (exact) mass is 357 g/mol. The lowest BCUT2D eigenvalue weighted by atomic mass is 10.2. The fourth-order valence-electron chi connectivity index (χ4n) is 3.31. The molecule has 1 atom stereocenters. The second kappa shape index (κ2) is 9.67. The number of imidazole rings is 1. The van der Waals surface area contributed by atoms with Crippen LogP contribution >= 0.6 is 0 Å². The normalized spacial score (nSPS) is 18.0. The van der Waals surface area contributed by atoms with Gasteiger partial charge in [-0.25, -0.2) is 15.0 Å². The Morgan fingerprint density at radius 3 is 2.65 bits per heavy atom. The van der Waals surface area contributed by atoms with Crippen LogP contribution in [0, 0.1) is 0 Å². The average molecular weight is 358 g/mol. The molecule has 1 aliphatic rings. The molecule has 1 unspecified atom stereocenters. The predicted molar refractivity (Wildman–Crippen MR) is 105 cm³/mol. The predicted octanol–water partition coefficient (Wildman–Crippen LogP) is 4.40. The van der Waals surface area contributed by atoms with Crippen molar-refractivity contribution in [1.82, 2.24) is 24.4 Å². The Kier molecular flexibility index (Phi) is 7.00. The van der Waals surface area contributed by atoms with E-state index in [9.17, 15) is 0 Å². The maximum absolute atomic E-state index is 5.89. The maximum Gasteiger partial charge on any atom is 0.165 e. The number of aromatic nitrogens is 4. The van der Waals surface area contributed by atoms with E-state index in [-0.39, 0.29) is 6.23 Å². The van der Waals surface area contributed by atoms with Gasteiger partial charge in [0.2, 0.25) is 0 Å². The van der Waals surface area contributed by atoms with Crippen LogP contribution in [0.2, 0.25) is 0 Å². The molecular formula is C20H31N5O. The minimum atomic E-state index is 0.0473. The third-order valence-corrected chi connectivity index (χ3v) is 4.89. The van der Waals surface area contributed by atoms with E-state index in [0.717, 1.165) is 49.4 Å². The Balaban J connectivity index is 1.79. The minimum Gasteiger partial charge on any atom is -0.377 e. The summed E-state index contributed by atoms with van der Waals surface area (Å²) in [6.45, 7) is 7.45. The van der Waals surface area contributed by atoms with Gasteiger partial charge in [0.1, 0.15) is 18.1 Å². The van der Waals surface area contributed by atoms with Crippen LogP contribution in [0.3, 0.4) is 0 Å². The number of rotatable bonds is 9. The summed E-state index contributed by atoms with van der Waals surface area (Å²) in [5.74, 6) is 0. The molecule has 0 amide bonds. The number of unbranched alkanes of at least 4 members (excludes halogenated alkanes) is 2. The van der Waals surface area contributed by atoms with E-state index in [2.05, 4.69) is 50.5 Å². The van der Waals surface area contributed by atoms with Crippen molar-refractivity contribution in [3.05, 3.63) is 24.5 Å². The Bertz CT molecular complexity index is 697. The van der Waals surface area contributed by atoms with Crippen molar-refractivity contribution in [3.8, 4) is 0 Å². The molecule has 6 nitrogen and oxygen atoms in total. The standard InChI is InChI=1S/C20H31N5O/c1-3-5-11-24(12-6-4-2)13-10-17-19-20(22-15-21-17)25(16-23-19)18-9-7-8-14-26-18/h10,13,15-16,18H,3-9,11-12,14H2,1-2H3/b13-10+. The first-order valence-corrected chi connectivity index (χ1v) is 10.0. The van der Waals surface area contributed by atoms with E-state index in [1.807, 2.05) is 6.33 Å². The Hall–Kier alpha value is -1.95. The van der Waals surface area contributed by atoms with Gasteiger partial charge >= 0.3 is 0 Å². The average Bonchev–Trinajstić information content (AvgIpc) is 3.13. The Labute approximate surface area is 156 Å². The Morgan fingerprint density at radius 2 is 1.96 bits per heavy atom. The van der Waals surface area contributed by atoms with Crippen LogP contribution in [0.15, 0.2) is 18.9 Å². The lowest BCUT2D eigenvalue weighted by Crippen LogP contribution is -2.19. The van der Waals surface area contributed by atoms with Gasteiger partial charge in [-0.1, -0.05) is 26.7 Å². The second-order valence-corrected chi connectivity index (χ2v) is 6.96. The fraction of sp³-hybridized carbons (Fsp3) is 0.650. The molecule has 3 heterocycles. The van der Waals surface area contributed by atoms with Crippen molar-refractivity contribution >= 4 is 17.2 Å². The summed E-state index contributed by atoms with van der Waals surface area (Å²) in [5.41, 5.74) is 2.59. The summed E-state index contributed by atoms with van der Waals surface area (Å²) < 4.78 is 7.95. The van der Waals surface area contributed by atoms with Crippen molar-refractivity contribution in [2.45, 2.75) is 65.0 Å².